The molecule has 0 heterocycles. The van der Waals surface area contributed by atoms with Crippen molar-refractivity contribution in [1.29, 1.82) is 0 Å². The molecule has 2 rings (SSSR count). The molecule has 0 aromatic carbocycles. The standard InChI is InChI=1S/C16H27NO4/c1-16(2,3)21-15(19)17-11-6-5-10-7-14(20-4)13(9-18)12(10)8-11/h9-14H,5-8H2,1-4H3,(H,17,19)/t10-,11+,12-,13+,14+/m1/s1. The van der Waals surface area contributed by atoms with Crippen LogP contribution in [0.25, 0.3) is 0 Å². The fourth-order valence-electron chi connectivity index (χ4n) is 3.81. The van der Waals surface area contributed by atoms with E-state index in [1.54, 1.807) is 7.11 Å². The molecule has 0 aromatic heterocycles. The Balaban J connectivity index is 1.92. The smallest absolute Gasteiger partial charge is 0.407 e. The highest BCUT2D eigenvalue weighted by molar-refractivity contribution is 5.68. The molecule has 0 radical (unpaired) electrons. The minimum atomic E-state index is -0.485. The van der Waals surface area contributed by atoms with E-state index in [2.05, 4.69) is 5.32 Å². The number of carbonyl (C=O) groups excluding carboxylic acids is 2. The van der Waals surface area contributed by atoms with Gasteiger partial charge in [0, 0.05) is 19.1 Å². The Hall–Kier alpha value is -1.10. The van der Waals surface area contributed by atoms with Gasteiger partial charge in [-0.2, -0.15) is 0 Å². The van der Waals surface area contributed by atoms with Crippen molar-refractivity contribution in [3.63, 3.8) is 0 Å². The summed E-state index contributed by atoms with van der Waals surface area (Å²) >= 11 is 0. The average molecular weight is 297 g/mol. The van der Waals surface area contributed by atoms with Crippen LogP contribution in [0.15, 0.2) is 0 Å². The van der Waals surface area contributed by atoms with Crippen LogP contribution in [-0.2, 0) is 14.3 Å². The van der Waals surface area contributed by atoms with E-state index in [-0.39, 0.29) is 24.2 Å². The van der Waals surface area contributed by atoms with Crippen LogP contribution in [-0.4, -0.2) is 37.2 Å². The lowest BCUT2D eigenvalue weighted by Gasteiger charge is -2.34. The van der Waals surface area contributed by atoms with Crippen molar-refractivity contribution in [2.24, 2.45) is 17.8 Å². The summed E-state index contributed by atoms with van der Waals surface area (Å²) in [7, 11) is 1.68. The van der Waals surface area contributed by atoms with Gasteiger partial charge in [0.15, 0.2) is 0 Å². The van der Waals surface area contributed by atoms with E-state index in [0.29, 0.717) is 11.8 Å². The molecular weight excluding hydrogens is 270 g/mol. The number of fused-ring (bicyclic) bond motifs is 1. The molecule has 2 fully saturated rings. The first kappa shape index (κ1) is 16.3. The third kappa shape index (κ3) is 3.96. The molecule has 0 bridgehead atoms. The third-order valence-electron chi connectivity index (χ3n) is 4.69. The number of carbonyl (C=O) groups is 2. The molecule has 0 aliphatic heterocycles. The quantitative estimate of drug-likeness (QED) is 0.813. The number of methoxy groups -OCH3 is 1. The predicted molar refractivity (Wildman–Crippen MR) is 79.0 cm³/mol. The summed E-state index contributed by atoms with van der Waals surface area (Å²) in [5.74, 6) is 0.825. The molecule has 5 atom stereocenters. The Morgan fingerprint density at radius 3 is 2.52 bits per heavy atom. The van der Waals surface area contributed by atoms with E-state index in [1.807, 2.05) is 20.8 Å². The molecular formula is C16H27NO4. The van der Waals surface area contributed by atoms with Crippen LogP contribution < -0.4 is 5.32 Å². The van der Waals surface area contributed by atoms with Crippen LogP contribution in [0.3, 0.4) is 0 Å². The third-order valence-corrected chi connectivity index (χ3v) is 4.69. The van der Waals surface area contributed by atoms with Gasteiger partial charge in [-0.1, -0.05) is 0 Å². The Labute approximate surface area is 126 Å². The molecule has 0 unspecified atom stereocenters. The highest BCUT2D eigenvalue weighted by Gasteiger charge is 2.46. The monoisotopic (exact) mass is 297 g/mol. The first-order valence-corrected chi connectivity index (χ1v) is 7.81. The van der Waals surface area contributed by atoms with Gasteiger partial charge in [-0.3, -0.25) is 0 Å². The SMILES string of the molecule is CO[C@H]1C[C@H]2CC[C@H](NC(=O)OC(C)(C)C)C[C@H]2[C@@H]1C=O. The molecule has 21 heavy (non-hydrogen) atoms. The van der Waals surface area contributed by atoms with Crippen LogP contribution in [0.2, 0.25) is 0 Å². The summed E-state index contributed by atoms with van der Waals surface area (Å²) in [5.41, 5.74) is -0.485. The zero-order valence-electron chi connectivity index (χ0n) is 13.4. The number of alkyl carbamates (subject to hydrolysis) is 1. The molecule has 5 nitrogen and oxygen atoms in total. The predicted octanol–water partition coefficient (Wildman–Crippen LogP) is 2.53. The second kappa shape index (κ2) is 6.34. The Morgan fingerprint density at radius 1 is 1.24 bits per heavy atom. The largest absolute Gasteiger partial charge is 0.444 e. The molecule has 120 valence electrons. The fourth-order valence-corrected chi connectivity index (χ4v) is 3.81. The normalized spacial score (nSPS) is 35.9. The molecule has 5 heteroatoms. The molecule has 0 saturated heterocycles. The van der Waals surface area contributed by atoms with E-state index >= 15 is 0 Å². The zero-order valence-corrected chi connectivity index (χ0v) is 13.4. The second-order valence-electron chi connectivity index (χ2n) is 7.30. The van der Waals surface area contributed by atoms with Crippen molar-refractivity contribution in [3.05, 3.63) is 0 Å². The van der Waals surface area contributed by atoms with Gasteiger partial charge in [0.1, 0.15) is 11.9 Å². The van der Waals surface area contributed by atoms with Crippen molar-refractivity contribution < 1.29 is 19.1 Å². The lowest BCUT2D eigenvalue weighted by atomic mass is 9.76. The number of hydrogen-bond acceptors (Lipinski definition) is 4. The first-order chi connectivity index (χ1) is 9.84. The summed E-state index contributed by atoms with van der Waals surface area (Å²) in [5, 5.41) is 2.95. The van der Waals surface area contributed by atoms with Gasteiger partial charge >= 0.3 is 6.09 Å². The number of amides is 1. The minimum Gasteiger partial charge on any atom is -0.444 e. The van der Waals surface area contributed by atoms with E-state index in [1.165, 1.54) is 0 Å². The molecule has 1 N–H and O–H groups in total. The summed E-state index contributed by atoms with van der Waals surface area (Å²) in [6, 6.07) is 0.0964. The summed E-state index contributed by atoms with van der Waals surface area (Å²) < 4.78 is 10.7. The van der Waals surface area contributed by atoms with E-state index in [0.717, 1.165) is 32.0 Å². The van der Waals surface area contributed by atoms with Gasteiger partial charge in [-0.15, -0.1) is 0 Å². The van der Waals surface area contributed by atoms with E-state index in [4.69, 9.17) is 9.47 Å². The van der Waals surface area contributed by atoms with Crippen molar-refractivity contribution in [2.45, 2.75) is 64.2 Å². The van der Waals surface area contributed by atoms with Crippen LogP contribution in [0.4, 0.5) is 4.79 Å². The van der Waals surface area contributed by atoms with Crippen LogP contribution >= 0.6 is 0 Å². The summed E-state index contributed by atoms with van der Waals surface area (Å²) in [4.78, 5) is 23.2. The lowest BCUT2D eigenvalue weighted by Crippen LogP contribution is -2.43. The second-order valence-corrected chi connectivity index (χ2v) is 7.30. The molecule has 2 aliphatic carbocycles. The van der Waals surface area contributed by atoms with E-state index < -0.39 is 5.60 Å². The van der Waals surface area contributed by atoms with Gasteiger partial charge < -0.3 is 19.6 Å². The van der Waals surface area contributed by atoms with Crippen LogP contribution in [0.5, 0.6) is 0 Å². The van der Waals surface area contributed by atoms with Crippen molar-refractivity contribution >= 4 is 12.4 Å². The van der Waals surface area contributed by atoms with Gasteiger partial charge in [-0.25, -0.2) is 4.79 Å². The van der Waals surface area contributed by atoms with Crippen molar-refractivity contribution in [1.82, 2.24) is 5.32 Å². The maximum atomic E-state index is 11.9. The van der Waals surface area contributed by atoms with Crippen molar-refractivity contribution in [3.8, 4) is 0 Å². The molecule has 1 amide bonds. The van der Waals surface area contributed by atoms with Gasteiger partial charge in [0.05, 0.1) is 6.10 Å². The Kier molecular flexibility index (Phi) is 4.91. The van der Waals surface area contributed by atoms with Gasteiger partial charge in [0.25, 0.3) is 0 Å². The van der Waals surface area contributed by atoms with E-state index in [9.17, 15) is 9.59 Å². The first-order valence-electron chi connectivity index (χ1n) is 7.81. The minimum absolute atomic E-state index is 0.0387. The topological polar surface area (TPSA) is 64.6 Å². The number of rotatable bonds is 3. The van der Waals surface area contributed by atoms with Crippen molar-refractivity contribution in [2.75, 3.05) is 7.11 Å². The highest BCUT2D eigenvalue weighted by atomic mass is 16.6. The van der Waals surface area contributed by atoms with Crippen LogP contribution in [0.1, 0.15) is 46.5 Å². The molecule has 2 saturated carbocycles. The maximum Gasteiger partial charge on any atom is 0.407 e. The Bertz CT molecular complexity index is 390. The number of aldehydes is 1. The number of hydrogen-bond donors (Lipinski definition) is 1. The Morgan fingerprint density at radius 2 is 1.95 bits per heavy atom. The molecule has 0 aromatic rings. The average Bonchev–Trinajstić information content (AvgIpc) is 2.73. The fraction of sp³-hybridized carbons (Fsp3) is 0.875. The zero-order chi connectivity index (χ0) is 15.6. The molecule has 0 spiro atoms. The highest BCUT2D eigenvalue weighted by Crippen LogP contribution is 2.46. The van der Waals surface area contributed by atoms with Gasteiger partial charge in [-0.05, 0) is 58.3 Å². The summed E-state index contributed by atoms with van der Waals surface area (Å²) in [6.07, 6.45) is 4.50. The van der Waals surface area contributed by atoms with Crippen LogP contribution in [0, 0.1) is 17.8 Å². The lowest BCUT2D eigenvalue weighted by molar-refractivity contribution is -0.115. The number of ether oxygens (including phenoxy) is 2. The number of nitrogens with one attached hydrogen (secondary N) is 1. The van der Waals surface area contributed by atoms with Gasteiger partial charge in [0.2, 0.25) is 0 Å². The molecule has 2 aliphatic rings. The summed E-state index contributed by atoms with van der Waals surface area (Å²) in [6.45, 7) is 5.56. The maximum absolute atomic E-state index is 11.9.